The second-order valence-corrected chi connectivity index (χ2v) is 6.78. The van der Waals surface area contributed by atoms with Gasteiger partial charge in [-0.05, 0) is 34.4 Å². The molecule has 0 spiro atoms. The molecule has 3 nitrogen and oxygen atoms in total. The number of rotatable bonds is 4. The van der Waals surface area contributed by atoms with Crippen molar-refractivity contribution in [3.63, 3.8) is 0 Å². The number of benzene rings is 2. The third kappa shape index (κ3) is 3.31. The standard InChI is InChI=1S/C22H18ClNO2/c23-18-11-9-16(10-12-18)20-19-8-4-7-17(19)13-24-21(20)22(25)26-14-15-5-2-1-3-6-15/h1-13,20-21,24H,14H2/t20-,21-/m0/s1. The molecule has 2 aromatic carbocycles. The number of hydrogen-bond acceptors (Lipinski definition) is 3. The number of hydrogen-bond donors (Lipinski definition) is 1. The van der Waals surface area contributed by atoms with Crippen LogP contribution in [-0.2, 0) is 16.1 Å². The molecule has 4 rings (SSSR count). The molecular weight excluding hydrogens is 346 g/mol. The van der Waals surface area contributed by atoms with Gasteiger partial charge in [-0.1, -0.05) is 72.3 Å². The Morgan fingerprint density at radius 2 is 1.85 bits per heavy atom. The van der Waals surface area contributed by atoms with Gasteiger partial charge >= 0.3 is 5.97 Å². The molecule has 1 aliphatic heterocycles. The highest BCUT2D eigenvalue weighted by Crippen LogP contribution is 2.39. The van der Waals surface area contributed by atoms with Gasteiger partial charge in [0.2, 0.25) is 0 Å². The van der Waals surface area contributed by atoms with Gasteiger partial charge in [0.1, 0.15) is 12.6 Å². The molecule has 0 radical (unpaired) electrons. The highest BCUT2D eigenvalue weighted by molar-refractivity contribution is 6.30. The van der Waals surface area contributed by atoms with Crippen LogP contribution in [0.4, 0.5) is 0 Å². The first-order chi connectivity index (χ1) is 12.7. The Hall–Kier alpha value is -2.78. The molecule has 26 heavy (non-hydrogen) atoms. The minimum absolute atomic E-state index is 0.120. The van der Waals surface area contributed by atoms with Gasteiger partial charge in [0.15, 0.2) is 0 Å². The minimum atomic E-state index is -0.477. The Labute approximate surface area is 157 Å². The summed E-state index contributed by atoms with van der Waals surface area (Å²) in [5, 5.41) is 3.90. The average Bonchev–Trinajstić information content (AvgIpc) is 3.16. The summed E-state index contributed by atoms with van der Waals surface area (Å²) in [5.74, 6) is -0.387. The molecule has 0 fully saturated rings. The molecule has 2 aromatic rings. The minimum Gasteiger partial charge on any atom is -0.459 e. The fourth-order valence-electron chi connectivity index (χ4n) is 3.38. The summed E-state index contributed by atoms with van der Waals surface area (Å²) >= 11 is 6.03. The molecular formula is C22H18ClNO2. The first-order valence-electron chi connectivity index (χ1n) is 8.53. The maximum atomic E-state index is 12.8. The van der Waals surface area contributed by atoms with Gasteiger partial charge in [-0.15, -0.1) is 0 Å². The lowest BCUT2D eigenvalue weighted by Crippen LogP contribution is -2.43. The molecule has 130 valence electrons. The number of ether oxygens (including phenoxy) is 1. The molecule has 1 heterocycles. The Kier molecular flexibility index (Phi) is 4.63. The van der Waals surface area contributed by atoms with Crippen molar-refractivity contribution in [2.75, 3.05) is 0 Å². The second-order valence-electron chi connectivity index (χ2n) is 6.35. The molecule has 0 aromatic heterocycles. The Morgan fingerprint density at radius 3 is 2.62 bits per heavy atom. The molecule has 0 saturated carbocycles. The van der Waals surface area contributed by atoms with Crippen LogP contribution in [0.5, 0.6) is 0 Å². The Balaban J connectivity index is 1.58. The van der Waals surface area contributed by atoms with E-state index in [4.69, 9.17) is 16.3 Å². The van der Waals surface area contributed by atoms with Crippen LogP contribution in [-0.4, -0.2) is 12.0 Å². The van der Waals surface area contributed by atoms with Gasteiger partial charge in [-0.3, -0.25) is 0 Å². The highest BCUT2D eigenvalue weighted by Gasteiger charge is 2.37. The van der Waals surface area contributed by atoms with Crippen LogP contribution < -0.4 is 5.32 Å². The first kappa shape index (κ1) is 16.7. The van der Waals surface area contributed by atoms with Crippen molar-refractivity contribution >= 4 is 17.6 Å². The number of esters is 1. The van der Waals surface area contributed by atoms with Crippen molar-refractivity contribution in [1.82, 2.24) is 5.32 Å². The van der Waals surface area contributed by atoms with Crippen molar-refractivity contribution in [2.24, 2.45) is 0 Å². The second kappa shape index (κ2) is 7.22. The first-order valence-corrected chi connectivity index (χ1v) is 8.91. The summed E-state index contributed by atoms with van der Waals surface area (Å²) in [4.78, 5) is 12.8. The largest absolute Gasteiger partial charge is 0.459 e. The average molecular weight is 364 g/mol. The molecule has 2 aliphatic rings. The van der Waals surface area contributed by atoms with E-state index in [1.165, 1.54) is 0 Å². The van der Waals surface area contributed by atoms with Crippen LogP contribution >= 0.6 is 11.6 Å². The molecule has 2 atom stereocenters. The van der Waals surface area contributed by atoms with Crippen LogP contribution in [0.2, 0.25) is 5.02 Å². The Bertz CT molecular complexity index is 897. The van der Waals surface area contributed by atoms with Gasteiger partial charge in [0, 0.05) is 17.1 Å². The number of carbonyl (C=O) groups excluding carboxylic acids is 1. The van der Waals surface area contributed by atoms with Gasteiger partial charge in [-0.2, -0.15) is 0 Å². The molecule has 0 bridgehead atoms. The number of carbonyl (C=O) groups is 1. The fourth-order valence-corrected chi connectivity index (χ4v) is 3.51. The molecule has 0 amide bonds. The van der Waals surface area contributed by atoms with E-state index < -0.39 is 6.04 Å². The predicted octanol–water partition coefficient (Wildman–Crippen LogP) is 4.52. The van der Waals surface area contributed by atoms with Crippen molar-refractivity contribution < 1.29 is 9.53 Å². The zero-order chi connectivity index (χ0) is 17.9. The van der Waals surface area contributed by atoms with E-state index >= 15 is 0 Å². The molecule has 1 N–H and O–H groups in total. The smallest absolute Gasteiger partial charge is 0.329 e. The summed E-state index contributed by atoms with van der Waals surface area (Å²) < 4.78 is 5.59. The maximum absolute atomic E-state index is 12.8. The number of nitrogens with one attached hydrogen (secondary N) is 1. The van der Waals surface area contributed by atoms with Crippen LogP contribution in [0.15, 0.2) is 90.2 Å². The molecule has 0 unspecified atom stereocenters. The highest BCUT2D eigenvalue weighted by atomic mass is 35.5. The third-order valence-electron chi connectivity index (χ3n) is 4.68. The Morgan fingerprint density at radius 1 is 1.08 bits per heavy atom. The summed E-state index contributed by atoms with van der Waals surface area (Å²) in [6, 6.07) is 16.9. The van der Waals surface area contributed by atoms with Gasteiger partial charge in [0.05, 0.1) is 0 Å². The maximum Gasteiger partial charge on any atom is 0.329 e. The zero-order valence-corrected chi connectivity index (χ0v) is 14.8. The topological polar surface area (TPSA) is 38.3 Å². The quantitative estimate of drug-likeness (QED) is 0.812. The third-order valence-corrected chi connectivity index (χ3v) is 4.93. The van der Waals surface area contributed by atoms with Crippen molar-refractivity contribution in [2.45, 2.75) is 18.6 Å². The van der Waals surface area contributed by atoms with E-state index in [-0.39, 0.29) is 18.5 Å². The fraction of sp³-hybridized carbons (Fsp3) is 0.136. The van der Waals surface area contributed by atoms with Gasteiger partial charge < -0.3 is 10.1 Å². The molecule has 4 heteroatoms. The number of fused-ring (bicyclic) bond motifs is 1. The van der Waals surface area contributed by atoms with Crippen LogP contribution in [0, 0.1) is 0 Å². The number of halogens is 1. The van der Waals surface area contributed by atoms with Crippen LogP contribution in [0.25, 0.3) is 0 Å². The van der Waals surface area contributed by atoms with E-state index in [1.807, 2.05) is 72.9 Å². The van der Waals surface area contributed by atoms with E-state index in [9.17, 15) is 4.79 Å². The van der Waals surface area contributed by atoms with E-state index in [2.05, 4.69) is 11.4 Å². The summed E-state index contributed by atoms with van der Waals surface area (Å²) in [6.45, 7) is 0.263. The number of allylic oxidation sites excluding steroid dienone is 4. The van der Waals surface area contributed by atoms with Crippen molar-refractivity contribution in [3.8, 4) is 0 Å². The molecule has 0 saturated heterocycles. The SMILES string of the molecule is O=C(OCc1ccccc1)[C@H]1NC=C2C=CC=C2[C@@H]1c1ccc(Cl)cc1. The van der Waals surface area contributed by atoms with E-state index in [0.29, 0.717) is 5.02 Å². The summed E-state index contributed by atoms with van der Waals surface area (Å²) in [7, 11) is 0. The monoisotopic (exact) mass is 363 g/mol. The normalized spacial score (nSPS) is 20.7. The lowest BCUT2D eigenvalue weighted by molar-refractivity contribution is -0.147. The van der Waals surface area contributed by atoms with Crippen LogP contribution in [0.1, 0.15) is 17.0 Å². The zero-order valence-electron chi connectivity index (χ0n) is 14.1. The molecule has 1 aliphatic carbocycles. The van der Waals surface area contributed by atoms with Crippen molar-refractivity contribution in [3.05, 3.63) is 106 Å². The summed E-state index contributed by atoms with van der Waals surface area (Å²) in [5.41, 5.74) is 4.21. The predicted molar refractivity (Wildman–Crippen MR) is 103 cm³/mol. The summed E-state index contributed by atoms with van der Waals surface area (Å²) in [6.07, 6.45) is 7.99. The van der Waals surface area contributed by atoms with Gasteiger partial charge in [-0.25, -0.2) is 4.79 Å². The lowest BCUT2D eigenvalue weighted by atomic mass is 9.80. The lowest BCUT2D eigenvalue weighted by Gasteiger charge is -2.32. The van der Waals surface area contributed by atoms with Crippen LogP contribution in [0.3, 0.4) is 0 Å². The van der Waals surface area contributed by atoms with E-state index in [0.717, 1.165) is 22.3 Å². The van der Waals surface area contributed by atoms with E-state index in [1.54, 1.807) is 0 Å². The van der Waals surface area contributed by atoms with Crippen molar-refractivity contribution in [1.29, 1.82) is 0 Å². The van der Waals surface area contributed by atoms with Gasteiger partial charge in [0.25, 0.3) is 0 Å².